The number of piperazine rings is 1. The molecule has 2 atom stereocenters. The molecule has 0 bridgehead atoms. The van der Waals surface area contributed by atoms with Crippen LogP contribution in [-0.2, 0) is 4.79 Å². The number of ether oxygens (including phenoxy) is 1. The number of amides is 1. The quantitative estimate of drug-likeness (QED) is 0.475. The number of carbonyl (C=O) groups is 1. The first-order valence-corrected chi connectivity index (χ1v) is 14.6. The summed E-state index contributed by atoms with van der Waals surface area (Å²) in [6.07, 6.45) is 4.38. The van der Waals surface area contributed by atoms with Gasteiger partial charge in [-0.2, -0.15) is 0 Å². The van der Waals surface area contributed by atoms with Gasteiger partial charge in [0.05, 0.1) is 18.8 Å². The summed E-state index contributed by atoms with van der Waals surface area (Å²) in [6, 6.07) is 12.5. The maximum atomic E-state index is 13.7. The minimum absolute atomic E-state index is 0.0130. The molecule has 2 saturated heterocycles. The number of hydrogen-bond acceptors (Lipinski definition) is 6. The normalized spacial score (nSPS) is 20.8. The van der Waals surface area contributed by atoms with Crippen molar-refractivity contribution in [1.82, 2.24) is 19.6 Å². The van der Waals surface area contributed by atoms with Crippen LogP contribution in [0.5, 0.6) is 5.75 Å². The van der Waals surface area contributed by atoms with E-state index in [0.29, 0.717) is 18.9 Å². The predicted molar refractivity (Wildman–Crippen MR) is 156 cm³/mol. The highest BCUT2D eigenvalue weighted by Gasteiger charge is 2.41. The summed E-state index contributed by atoms with van der Waals surface area (Å²) in [7, 11) is 1.27. The Labute approximate surface area is 236 Å². The van der Waals surface area contributed by atoms with Gasteiger partial charge in [-0.15, -0.1) is 0 Å². The first-order chi connectivity index (χ1) is 18.1. The lowest BCUT2D eigenvalue weighted by atomic mass is 9.80. The van der Waals surface area contributed by atoms with Gasteiger partial charge in [-0.25, -0.2) is 0 Å². The minimum Gasteiger partial charge on any atom is -0.497 e. The molecule has 4 rings (SSSR count). The van der Waals surface area contributed by atoms with E-state index in [1.54, 1.807) is 7.11 Å². The van der Waals surface area contributed by atoms with Crippen molar-refractivity contribution in [3.63, 3.8) is 0 Å². The molecule has 0 aliphatic carbocycles. The van der Waals surface area contributed by atoms with Gasteiger partial charge in [0.2, 0.25) is 5.91 Å². The van der Waals surface area contributed by atoms with Gasteiger partial charge in [-0.3, -0.25) is 14.7 Å². The number of aromatic nitrogens is 1. The third-order valence-corrected chi connectivity index (χ3v) is 8.67. The molecule has 2 aliphatic rings. The molecule has 2 aromatic rings. The molecule has 1 unspecified atom stereocenters. The van der Waals surface area contributed by atoms with Crippen molar-refractivity contribution in [3.8, 4) is 5.75 Å². The van der Waals surface area contributed by atoms with Crippen LogP contribution in [0.3, 0.4) is 0 Å². The smallest absolute Gasteiger partial charge is 0.376 e. The summed E-state index contributed by atoms with van der Waals surface area (Å²) in [6.45, 7) is 12.5. The standard InChI is InChI=1S/C29H42BBrN4O3/c1-29(2,3)26-20-33(16-17-35(26)27(36)18-21-12-14-34(15-13-21)30(4)37)28(25-11-8-23(31)19-32-25)22-6-9-24(38-5)10-7-22/h6-11,19,21,26,28,37H,12-18,20H2,1-5H3/t26-,28?/m1/s1. The van der Waals surface area contributed by atoms with E-state index < -0.39 is 7.05 Å². The number of piperidine rings is 1. The summed E-state index contributed by atoms with van der Waals surface area (Å²) in [4.78, 5) is 25.2. The summed E-state index contributed by atoms with van der Waals surface area (Å²) >= 11 is 3.52. The van der Waals surface area contributed by atoms with E-state index >= 15 is 0 Å². The highest BCUT2D eigenvalue weighted by atomic mass is 79.9. The summed E-state index contributed by atoms with van der Waals surface area (Å²) in [5, 5.41) is 9.88. The average Bonchev–Trinajstić information content (AvgIpc) is 2.90. The fraction of sp³-hybridized carbons (Fsp3) is 0.586. The zero-order valence-electron chi connectivity index (χ0n) is 23.4. The third kappa shape index (κ3) is 6.98. The molecule has 2 aliphatic heterocycles. The molecule has 0 saturated carbocycles. The van der Waals surface area contributed by atoms with Crippen LogP contribution >= 0.6 is 15.9 Å². The van der Waals surface area contributed by atoms with E-state index in [9.17, 15) is 9.82 Å². The van der Waals surface area contributed by atoms with Crippen LogP contribution in [-0.4, -0.2) is 83.5 Å². The molecule has 38 heavy (non-hydrogen) atoms. The van der Waals surface area contributed by atoms with Gasteiger partial charge in [-0.1, -0.05) is 32.9 Å². The first kappa shape index (κ1) is 29.1. The van der Waals surface area contributed by atoms with Crippen LogP contribution in [0.4, 0.5) is 0 Å². The Balaban J connectivity index is 1.53. The van der Waals surface area contributed by atoms with E-state index in [0.717, 1.165) is 60.5 Å². The number of hydrogen-bond donors (Lipinski definition) is 1. The first-order valence-electron chi connectivity index (χ1n) is 13.8. The zero-order chi connectivity index (χ0) is 27.4. The van der Waals surface area contributed by atoms with Crippen molar-refractivity contribution in [3.05, 3.63) is 58.3 Å². The van der Waals surface area contributed by atoms with Gasteiger partial charge in [0.25, 0.3) is 0 Å². The minimum atomic E-state index is -0.413. The Morgan fingerprint density at radius 2 is 1.82 bits per heavy atom. The third-order valence-electron chi connectivity index (χ3n) is 8.20. The molecule has 2 fully saturated rings. The summed E-state index contributed by atoms with van der Waals surface area (Å²) < 4.78 is 6.36. The number of halogens is 1. The molecule has 3 heterocycles. The second kappa shape index (κ2) is 12.5. The number of rotatable bonds is 7. The van der Waals surface area contributed by atoms with Crippen LogP contribution in [0.25, 0.3) is 0 Å². The molecule has 1 aromatic carbocycles. The van der Waals surface area contributed by atoms with Crippen molar-refractivity contribution in [2.45, 2.75) is 58.9 Å². The van der Waals surface area contributed by atoms with E-state index in [-0.39, 0.29) is 23.4 Å². The molecule has 7 nitrogen and oxygen atoms in total. The van der Waals surface area contributed by atoms with Crippen molar-refractivity contribution in [2.24, 2.45) is 11.3 Å². The van der Waals surface area contributed by atoms with Gasteiger partial charge in [0.15, 0.2) is 0 Å². The SMILES string of the molecule is COc1ccc(C(c2ccc(Br)cn2)N2CCN(C(=O)CC3CCN(B(C)O)CC3)[C@@H](C(C)(C)C)C2)cc1. The molecular formula is C29H42BBrN4O3. The average molecular weight is 585 g/mol. The van der Waals surface area contributed by atoms with Gasteiger partial charge in [0, 0.05) is 42.8 Å². The van der Waals surface area contributed by atoms with Crippen molar-refractivity contribution >= 4 is 28.9 Å². The zero-order valence-corrected chi connectivity index (χ0v) is 25.0. The number of nitrogens with zero attached hydrogens (tertiary/aromatic N) is 4. The molecule has 9 heteroatoms. The van der Waals surface area contributed by atoms with Gasteiger partial charge < -0.3 is 19.5 Å². The fourth-order valence-electron chi connectivity index (χ4n) is 5.88. The Kier molecular flexibility index (Phi) is 9.55. The molecule has 0 spiro atoms. The second-order valence-corrected chi connectivity index (χ2v) is 12.8. The summed E-state index contributed by atoms with van der Waals surface area (Å²) in [5.74, 6) is 1.48. The van der Waals surface area contributed by atoms with Gasteiger partial charge >= 0.3 is 7.05 Å². The van der Waals surface area contributed by atoms with Crippen LogP contribution in [0.15, 0.2) is 47.1 Å². The fourth-order valence-corrected chi connectivity index (χ4v) is 6.11. The maximum Gasteiger partial charge on any atom is 0.376 e. The number of carbonyl (C=O) groups excluding carboxylic acids is 1. The Hall–Kier alpha value is -1.94. The van der Waals surface area contributed by atoms with Crippen LogP contribution < -0.4 is 4.74 Å². The van der Waals surface area contributed by atoms with Crippen molar-refractivity contribution in [1.29, 1.82) is 0 Å². The molecule has 1 amide bonds. The monoisotopic (exact) mass is 584 g/mol. The maximum absolute atomic E-state index is 13.7. The lowest BCUT2D eigenvalue weighted by molar-refractivity contribution is -0.141. The topological polar surface area (TPSA) is 69.1 Å². The van der Waals surface area contributed by atoms with Gasteiger partial charge in [-0.05, 0) is 89.8 Å². The van der Waals surface area contributed by atoms with E-state index in [1.807, 2.05) is 31.2 Å². The molecule has 1 N–H and O–H groups in total. The lowest BCUT2D eigenvalue weighted by Crippen LogP contribution is -2.60. The number of methoxy groups -OCH3 is 1. The van der Waals surface area contributed by atoms with E-state index in [4.69, 9.17) is 9.72 Å². The number of benzene rings is 1. The van der Waals surface area contributed by atoms with Crippen LogP contribution in [0.2, 0.25) is 6.82 Å². The van der Waals surface area contributed by atoms with Crippen molar-refractivity contribution in [2.75, 3.05) is 39.8 Å². The Morgan fingerprint density at radius 1 is 1.13 bits per heavy atom. The Morgan fingerprint density at radius 3 is 2.37 bits per heavy atom. The number of pyridine rings is 1. The molecule has 1 aromatic heterocycles. The van der Waals surface area contributed by atoms with E-state index in [2.05, 4.69) is 69.5 Å². The molecule has 0 radical (unpaired) electrons. The van der Waals surface area contributed by atoms with E-state index in [1.165, 1.54) is 0 Å². The second-order valence-electron chi connectivity index (χ2n) is 11.9. The van der Waals surface area contributed by atoms with Crippen LogP contribution in [0, 0.1) is 11.3 Å². The molecular weight excluding hydrogens is 543 g/mol. The highest BCUT2D eigenvalue weighted by molar-refractivity contribution is 9.10. The Bertz CT molecular complexity index is 1050. The summed E-state index contributed by atoms with van der Waals surface area (Å²) in [5.41, 5.74) is 2.09. The van der Waals surface area contributed by atoms with Gasteiger partial charge in [0.1, 0.15) is 5.75 Å². The van der Waals surface area contributed by atoms with Crippen molar-refractivity contribution < 1.29 is 14.6 Å². The largest absolute Gasteiger partial charge is 0.497 e. The highest BCUT2D eigenvalue weighted by Crippen LogP contribution is 2.36. The molecule has 206 valence electrons. The van der Waals surface area contributed by atoms with Crippen LogP contribution in [0.1, 0.15) is 57.3 Å². The predicted octanol–water partition coefficient (Wildman–Crippen LogP) is 4.71. The lowest BCUT2D eigenvalue weighted by Gasteiger charge is -2.49.